The van der Waals surface area contributed by atoms with E-state index in [1.807, 2.05) is 6.92 Å². The summed E-state index contributed by atoms with van der Waals surface area (Å²) in [6, 6.07) is 0. The van der Waals surface area contributed by atoms with Crippen molar-refractivity contribution in [2.24, 2.45) is 5.73 Å². The van der Waals surface area contributed by atoms with Crippen LogP contribution < -0.4 is 5.73 Å². The lowest BCUT2D eigenvalue weighted by Crippen LogP contribution is -2.35. The third-order valence-corrected chi connectivity index (χ3v) is 1.97. The van der Waals surface area contributed by atoms with Crippen molar-refractivity contribution < 1.29 is 4.74 Å². The lowest BCUT2D eigenvalue weighted by atomic mass is 10.0. The van der Waals surface area contributed by atoms with Crippen LogP contribution in [0, 0.1) is 0 Å². The van der Waals surface area contributed by atoms with Crippen LogP contribution in [-0.4, -0.2) is 11.8 Å². The van der Waals surface area contributed by atoms with Gasteiger partial charge in [0, 0.05) is 0 Å². The summed E-state index contributed by atoms with van der Waals surface area (Å²) in [6.45, 7) is 8.19. The van der Waals surface area contributed by atoms with Crippen molar-refractivity contribution in [2.75, 3.05) is 0 Å². The van der Waals surface area contributed by atoms with E-state index in [-0.39, 0.29) is 11.8 Å². The van der Waals surface area contributed by atoms with Crippen LogP contribution in [0.15, 0.2) is 0 Å². The second-order valence-electron chi connectivity index (χ2n) is 2.98. The Kier molecular flexibility index (Phi) is 3.91. The fourth-order valence-corrected chi connectivity index (χ4v) is 0.865. The van der Waals surface area contributed by atoms with Crippen molar-refractivity contribution in [2.45, 2.75) is 52.4 Å². The molecule has 0 bridgehead atoms. The smallest absolute Gasteiger partial charge is 0.103 e. The Hall–Kier alpha value is -0.0800. The molecule has 10 heavy (non-hydrogen) atoms. The van der Waals surface area contributed by atoms with Crippen LogP contribution in [0.25, 0.3) is 0 Å². The molecular formula is C8H19NO. The second-order valence-corrected chi connectivity index (χ2v) is 2.98. The van der Waals surface area contributed by atoms with E-state index in [2.05, 4.69) is 20.8 Å². The molecule has 0 aromatic rings. The molecule has 0 radical (unpaired) electrons. The van der Waals surface area contributed by atoms with E-state index in [4.69, 9.17) is 10.5 Å². The molecule has 2 N–H and O–H groups in total. The molecular weight excluding hydrogens is 126 g/mol. The van der Waals surface area contributed by atoms with Crippen LogP contribution in [-0.2, 0) is 4.74 Å². The summed E-state index contributed by atoms with van der Waals surface area (Å²) in [5, 5.41) is 0. The van der Waals surface area contributed by atoms with Gasteiger partial charge >= 0.3 is 0 Å². The molecule has 0 aliphatic rings. The van der Waals surface area contributed by atoms with Gasteiger partial charge in [-0.3, -0.25) is 0 Å². The van der Waals surface area contributed by atoms with Crippen molar-refractivity contribution in [1.82, 2.24) is 0 Å². The molecule has 0 aliphatic carbocycles. The lowest BCUT2D eigenvalue weighted by molar-refractivity contribution is -0.0771. The largest absolute Gasteiger partial charge is 0.358 e. The average Bonchev–Trinajstić information content (AvgIpc) is 1.87. The molecule has 2 heteroatoms. The van der Waals surface area contributed by atoms with Crippen molar-refractivity contribution in [3.8, 4) is 0 Å². The summed E-state index contributed by atoms with van der Waals surface area (Å²) in [7, 11) is 0. The fraction of sp³-hybridized carbons (Fsp3) is 1.00. The topological polar surface area (TPSA) is 35.2 Å². The number of nitrogens with two attached hydrogens (primary N) is 1. The van der Waals surface area contributed by atoms with Gasteiger partial charge in [0.05, 0.1) is 5.60 Å². The van der Waals surface area contributed by atoms with Crippen LogP contribution in [0.2, 0.25) is 0 Å². The highest BCUT2D eigenvalue weighted by molar-refractivity contribution is 4.71. The molecule has 0 aromatic carbocycles. The Morgan fingerprint density at radius 3 is 1.90 bits per heavy atom. The summed E-state index contributed by atoms with van der Waals surface area (Å²) in [5.41, 5.74) is 5.49. The van der Waals surface area contributed by atoms with Crippen LogP contribution in [0.5, 0.6) is 0 Å². The third-order valence-electron chi connectivity index (χ3n) is 1.97. The minimum Gasteiger partial charge on any atom is -0.358 e. The van der Waals surface area contributed by atoms with Crippen molar-refractivity contribution in [1.29, 1.82) is 0 Å². The predicted octanol–water partition coefficient (Wildman–Crippen LogP) is 1.89. The molecule has 0 saturated carbocycles. The third kappa shape index (κ3) is 3.18. The van der Waals surface area contributed by atoms with Crippen molar-refractivity contribution >= 4 is 0 Å². The lowest BCUT2D eigenvalue weighted by Gasteiger charge is -2.29. The fourth-order valence-electron chi connectivity index (χ4n) is 0.865. The van der Waals surface area contributed by atoms with Gasteiger partial charge in [0.25, 0.3) is 0 Å². The van der Waals surface area contributed by atoms with E-state index in [1.165, 1.54) is 0 Å². The van der Waals surface area contributed by atoms with Gasteiger partial charge in [-0.25, -0.2) is 0 Å². The van der Waals surface area contributed by atoms with E-state index >= 15 is 0 Å². The Bertz CT molecular complexity index is 87.3. The van der Waals surface area contributed by atoms with Gasteiger partial charge in [0.15, 0.2) is 0 Å². The number of hydrogen-bond donors (Lipinski definition) is 1. The highest BCUT2D eigenvalue weighted by atomic mass is 16.5. The number of hydrogen-bond acceptors (Lipinski definition) is 2. The maximum Gasteiger partial charge on any atom is 0.103 e. The monoisotopic (exact) mass is 145 g/mol. The summed E-state index contributed by atoms with van der Waals surface area (Å²) in [4.78, 5) is 0. The minimum atomic E-state index is -0.148. The maximum absolute atomic E-state index is 5.51. The van der Waals surface area contributed by atoms with E-state index < -0.39 is 0 Å². The minimum absolute atomic E-state index is 0.0197. The highest BCUT2D eigenvalue weighted by Gasteiger charge is 2.21. The Morgan fingerprint density at radius 2 is 1.80 bits per heavy atom. The van der Waals surface area contributed by atoms with E-state index in [0.717, 1.165) is 12.8 Å². The SMILES string of the molecule is CCC(C)(CC)OC(C)N. The van der Waals surface area contributed by atoms with Crippen LogP contribution in [0.3, 0.4) is 0 Å². The molecule has 0 amide bonds. The Labute approximate surface area is 63.7 Å². The van der Waals surface area contributed by atoms with Gasteiger partial charge in [0.2, 0.25) is 0 Å². The van der Waals surface area contributed by atoms with Gasteiger partial charge in [-0.2, -0.15) is 0 Å². The predicted molar refractivity (Wildman–Crippen MR) is 43.7 cm³/mol. The Morgan fingerprint density at radius 1 is 1.40 bits per heavy atom. The number of rotatable bonds is 4. The first-order valence-corrected chi connectivity index (χ1v) is 3.97. The van der Waals surface area contributed by atoms with Crippen LogP contribution >= 0.6 is 0 Å². The van der Waals surface area contributed by atoms with Gasteiger partial charge in [0.1, 0.15) is 6.23 Å². The molecule has 0 heterocycles. The molecule has 2 nitrogen and oxygen atoms in total. The summed E-state index contributed by atoms with van der Waals surface area (Å²) >= 11 is 0. The van der Waals surface area contributed by atoms with E-state index in [0.29, 0.717) is 0 Å². The molecule has 0 aliphatic heterocycles. The van der Waals surface area contributed by atoms with Gasteiger partial charge in [-0.05, 0) is 26.7 Å². The van der Waals surface area contributed by atoms with E-state index in [9.17, 15) is 0 Å². The average molecular weight is 145 g/mol. The summed E-state index contributed by atoms with van der Waals surface area (Å²) in [6.07, 6.45) is 1.89. The summed E-state index contributed by atoms with van der Waals surface area (Å²) < 4.78 is 5.51. The summed E-state index contributed by atoms with van der Waals surface area (Å²) in [5.74, 6) is 0. The van der Waals surface area contributed by atoms with Gasteiger partial charge < -0.3 is 10.5 Å². The maximum atomic E-state index is 5.51. The zero-order chi connectivity index (χ0) is 8.20. The molecule has 0 rings (SSSR count). The van der Waals surface area contributed by atoms with E-state index in [1.54, 1.807) is 0 Å². The van der Waals surface area contributed by atoms with Gasteiger partial charge in [-0.15, -0.1) is 0 Å². The van der Waals surface area contributed by atoms with Crippen LogP contribution in [0.1, 0.15) is 40.5 Å². The molecule has 62 valence electrons. The first kappa shape index (κ1) is 9.92. The molecule has 0 fully saturated rings. The molecule has 1 atom stereocenters. The second kappa shape index (κ2) is 3.94. The normalized spacial score (nSPS) is 15.3. The quantitative estimate of drug-likeness (QED) is 0.613. The first-order chi connectivity index (χ1) is 4.54. The number of ether oxygens (including phenoxy) is 1. The standard InChI is InChI=1S/C8H19NO/c1-5-8(4,6-2)10-7(3)9/h7H,5-6,9H2,1-4H3. The zero-order valence-corrected chi connectivity index (χ0v) is 7.48. The molecule has 0 saturated heterocycles. The van der Waals surface area contributed by atoms with Crippen LogP contribution in [0.4, 0.5) is 0 Å². The van der Waals surface area contributed by atoms with Gasteiger partial charge in [-0.1, -0.05) is 13.8 Å². The Balaban J connectivity index is 3.80. The molecule has 1 unspecified atom stereocenters. The zero-order valence-electron chi connectivity index (χ0n) is 7.48. The van der Waals surface area contributed by atoms with Crippen molar-refractivity contribution in [3.05, 3.63) is 0 Å². The molecule has 0 aromatic heterocycles. The molecule has 0 spiro atoms. The highest BCUT2D eigenvalue weighted by Crippen LogP contribution is 2.19. The first-order valence-electron chi connectivity index (χ1n) is 3.97. The van der Waals surface area contributed by atoms with Crippen molar-refractivity contribution in [3.63, 3.8) is 0 Å².